The molecule has 2 heteroatoms. The third-order valence-corrected chi connectivity index (χ3v) is 2.34. The number of likely N-dealkylation sites (N-methyl/N-ethyl adjacent to an activating group) is 1. The Morgan fingerprint density at radius 3 is 2.93 bits per heavy atom. The molecule has 76 valence electrons. The van der Waals surface area contributed by atoms with E-state index in [-0.39, 0.29) is 0 Å². The first kappa shape index (κ1) is 9.71. The van der Waals surface area contributed by atoms with E-state index in [1.165, 1.54) is 5.70 Å². The van der Waals surface area contributed by atoms with Crippen LogP contribution in [0.25, 0.3) is 0 Å². The fraction of sp³-hybridized carbons (Fsp3) is 0.154. The maximum Gasteiger partial charge on any atom is 0.0406 e. The third kappa shape index (κ3) is 2.34. The second-order valence-corrected chi connectivity index (χ2v) is 3.34. The molecule has 2 heterocycles. The lowest BCUT2D eigenvalue weighted by molar-refractivity contribution is 0.503. The number of hydrogen-bond donors (Lipinski definition) is 0. The Morgan fingerprint density at radius 1 is 1.27 bits per heavy atom. The average molecular weight is 198 g/mol. The van der Waals surface area contributed by atoms with Gasteiger partial charge in [-0.1, -0.05) is 12.2 Å². The minimum Gasteiger partial charge on any atom is -0.348 e. The molecule has 0 fully saturated rings. The lowest BCUT2D eigenvalue weighted by Gasteiger charge is -2.21. The molecule has 0 aromatic carbocycles. The molecule has 0 atom stereocenters. The van der Waals surface area contributed by atoms with Crippen molar-refractivity contribution in [1.82, 2.24) is 4.90 Å². The van der Waals surface area contributed by atoms with E-state index in [0.29, 0.717) is 0 Å². The summed E-state index contributed by atoms with van der Waals surface area (Å²) in [5.41, 5.74) is 2.35. The van der Waals surface area contributed by atoms with Gasteiger partial charge in [0, 0.05) is 30.9 Å². The zero-order valence-corrected chi connectivity index (χ0v) is 8.80. The summed E-state index contributed by atoms with van der Waals surface area (Å²) >= 11 is 0. The Morgan fingerprint density at radius 2 is 2.20 bits per heavy atom. The van der Waals surface area contributed by atoms with Crippen molar-refractivity contribution in [2.75, 3.05) is 6.54 Å². The molecule has 0 saturated heterocycles. The quantitative estimate of drug-likeness (QED) is 0.666. The molecule has 0 N–H and O–H groups in total. The highest BCUT2D eigenvalue weighted by Crippen LogP contribution is 2.12. The van der Waals surface area contributed by atoms with Crippen LogP contribution in [0, 0.1) is 0 Å². The second kappa shape index (κ2) is 4.60. The van der Waals surface area contributed by atoms with Gasteiger partial charge >= 0.3 is 0 Å². The van der Waals surface area contributed by atoms with Gasteiger partial charge in [0.2, 0.25) is 0 Å². The van der Waals surface area contributed by atoms with Crippen LogP contribution in [0.3, 0.4) is 0 Å². The number of rotatable bonds is 2. The van der Waals surface area contributed by atoms with Crippen molar-refractivity contribution in [2.24, 2.45) is 4.99 Å². The van der Waals surface area contributed by atoms with Crippen molar-refractivity contribution in [3.05, 3.63) is 60.1 Å². The van der Waals surface area contributed by atoms with E-state index in [0.717, 1.165) is 12.1 Å². The summed E-state index contributed by atoms with van der Waals surface area (Å²) in [6, 6.07) is 0. The zero-order valence-electron chi connectivity index (χ0n) is 8.80. The molecule has 0 saturated carbocycles. The van der Waals surface area contributed by atoms with Gasteiger partial charge in [-0.3, -0.25) is 4.99 Å². The van der Waals surface area contributed by atoms with Gasteiger partial charge in [-0.05, 0) is 36.8 Å². The zero-order chi connectivity index (χ0) is 10.5. The molecule has 0 bridgehead atoms. The molecule has 0 amide bonds. The molecule has 0 unspecified atom stereocenters. The van der Waals surface area contributed by atoms with Gasteiger partial charge in [0.1, 0.15) is 0 Å². The topological polar surface area (TPSA) is 15.6 Å². The molecular formula is C13H14N2. The van der Waals surface area contributed by atoms with Crippen LogP contribution in [0.2, 0.25) is 0 Å². The van der Waals surface area contributed by atoms with Crippen LogP contribution in [0.1, 0.15) is 6.92 Å². The van der Waals surface area contributed by atoms with Crippen LogP contribution in [-0.4, -0.2) is 17.7 Å². The van der Waals surface area contributed by atoms with E-state index in [9.17, 15) is 0 Å². The number of aliphatic imine (C=N–C) groups is 1. The first-order valence-corrected chi connectivity index (χ1v) is 5.13. The largest absolute Gasteiger partial charge is 0.348 e. The van der Waals surface area contributed by atoms with Gasteiger partial charge in [-0.2, -0.15) is 0 Å². The summed E-state index contributed by atoms with van der Waals surface area (Å²) in [4.78, 5) is 6.22. The third-order valence-electron chi connectivity index (χ3n) is 2.34. The smallest absolute Gasteiger partial charge is 0.0406 e. The number of allylic oxidation sites excluding steroid dienone is 7. The van der Waals surface area contributed by atoms with Gasteiger partial charge in [0.15, 0.2) is 0 Å². The normalized spacial score (nSPS) is 23.7. The number of hydrogen-bond acceptors (Lipinski definition) is 2. The summed E-state index contributed by atoms with van der Waals surface area (Å²) < 4.78 is 0. The Bertz CT molecular complexity index is 392. The minimum absolute atomic E-state index is 0.986. The van der Waals surface area contributed by atoms with Crippen LogP contribution >= 0.6 is 0 Å². The van der Waals surface area contributed by atoms with E-state index < -0.39 is 0 Å². The standard InChI is InChI=1S/C13H14N2/c1-2-15-10-4-3-5-13(15)7-6-12-8-9-14-11-12/h3-11H,2H2,1H3/b12-6+,13-7-. The predicted octanol–water partition coefficient (Wildman–Crippen LogP) is 2.80. The van der Waals surface area contributed by atoms with Crippen LogP contribution < -0.4 is 0 Å². The highest BCUT2D eigenvalue weighted by molar-refractivity contribution is 5.85. The van der Waals surface area contributed by atoms with Crippen molar-refractivity contribution in [3.63, 3.8) is 0 Å². The molecule has 2 aliphatic heterocycles. The first-order valence-electron chi connectivity index (χ1n) is 5.13. The summed E-state index contributed by atoms with van der Waals surface area (Å²) in [5, 5.41) is 0. The van der Waals surface area contributed by atoms with Crippen LogP contribution in [0.5, 0.6) is 0 Å². The fourth-order valence-electron chi connectivity index (χ4n) is 1.51. The van der Waals surface area contributed by atoms with Crippen LogP contribution in [-0.2, 0) is 0 Å². The number of nitrogens with zero attached hydrogens (tertiary/aromatic N) is 2. The Balaban J connectivity index is 2.15. The molecule has 0 aromatic heterocycles. The van der Waals surface area contributed by atoms with Crippen molar-refractivity contribution in [1.29, 1.82) is 0 Å². The highest BCUT2D eigenvalue weighted by atomic mass is 15.1. The molecule has 0 spiro atoms. The summed E-state index contributed by atoms with van der Waals surface area (Å²) in [7, 11) is 0. The summed E-state index contributed by atoms with van der Waals surface area (Å²) in [6.45, 7) is 3.13. The van der Waals surface area contributed by atoms with E-state index in [1.807, 2.05) is 18.4 Å². The molecule has 2 rings (SSSR count). The molecule has 2 aliphatic rings. The molecule has 0 aromatic rings. The second-order valence-electron chi connectivity index (χ2n) is 3.34. The van der Waals surface area contributed by atoms with Gasteiger partial charge < -0.3 is 4.90 Å². The molecule has 0 aliphatic carbocycles. The van der Waals surface area contributed by atoms with E-state index in [2.05, 4.69) is 47.3 Å². The van der Waals surface area contributed by atoms with Gasteiger partial charge in [0.05, 0.1) is 0 Å². The minimum atomic E-state index is 0.986. The SMILES string of the molecule is CCN1C=CC=C/C1=C/C=C1\C=CN=C1. The maximum absolute atomic E-state index is 4.02. The van der Waals surface area contributed by atoms with Crippen LogP contribution in [0.4, 0.5) is 0 Å². The molecule has 2 nitrogen and oxygen atoms in total. The highest BCUT2D eigenvalue weighted by Gasteiger charge is 2.02. The van der Waals surface area contributed by atoms with Gasteiger partial charge in [-0.25, -0.2) is 0 Å². The monoisotopic (exact) mass is 198 g/mol. The Kier molecular flexibility index (Phi) is 2.98. The van der Waals surface area contributed by atoms with Crippen molar-refractivity contribution < 1.29 is 0 Å². The fourth-order valence-corrected chi connectivity index (χ4v) is 1.51. The van der Waals surface area contributed by atoms with E-state index in [1.54, 1.807) is 6.20 Å². The van der Waals surface area contributed by atoms with Crippen molar-refractivity contribution in [2.45, 2.75) is 6.92 Å². The predicted molar refractivity (Wildman–Crippen MR) is 64.5 cm³/mol. The van der Waals surface area contributed by atoms with Crippen LogP contribution in [0.15, 0.2) is 65.1 Å². The van der Waals surface area contributed by atoms with E-state index in [4.69, 9.17) is 0 Å². The molecule has 15 heavy (non-hydrogen) atoms. The Hall–Kier alpha value is -1.83. The first-order chi connectivity index (χ1) is 7.40. The lowest BCUT2D eigenvalue weighted by Crippen LogP contribution is -2.15. The lowest BCUT2D eigenvalue weighted by atomic mass is 10.2. The summed E-state index contributed by atoms with van der Waals surface area (Å²) in [5.74, 6) is 0. The molecular weight excluding hydrogens is 184 g/mol. The van der Waals surface area contributed by atoms with Gasteiger partial charge in [0.25, 0.3) is 0 Å². The van der Waals surface area contributed by atoms with E-state index >= 15 is 0 Å². The Labute approximate surface area is 90.3 Å². The maximum atomic E-state index is 4.02. The average Bonchev–Trinajstić information content (AvgIpc) is 2.79. The van der Waals surface area contributed by atoms with Crippen molar-refractivity contribution in [3.8, 4) is 0 Å². The molecule has 0 radical (unpaired) electrons. The van der Waals surface area contributed by atoms with Gasteiger partial charge in [-0.15, -0.1) is 0 Å². The summed E-state index contributed by atoms with van der Waals surface area (Å²) in [6.07, 6.45) is 18.1. The van der Waals surface area contributed by atoms with Crippen molar-refractivity contribution >= 4 is 6.21 Å².